The van der Waals surface area contributed by atoms with Crippen LogP contribution >= 0.6 is 0 Å². The summed E-state index contributed by atoms with van der Waals surface area (Å²) in [5.41, 5.74) is -0.702. The molecule has 1 aliphatic rings. The van der Waals surface area contributed by atoms with Gasteiger partial charge in [0.15, 0.2) is 0 Å². The van der Waals surface area contributed by atoms with Crippen LogP contribution in [0.15, 0.2) is 24.3 Å². The third kappa shape index (κ3) is 5.80. The third-order valence-electron chi connectivity index (χ3n) is 4.09. The van der Waals surface area contributed by atoms with Crippen molar-refractivity contribution >= 4 is 6.03 Å². The molecule has 2 unspecified atom stereocenters. The van der Waals surface area contributed by atoms with Crippen molar-refractivity contribution in [3.05, 3.63) is 35.6 Å². The molecule has 2 atom stereocenters. The molecule has 0 spiro atoms. The number of urea groups is 1. The minimum Gasteiger partial charge on any atom is -0.384 e. The van der Waals surface area contributed by atoms with Gasteiger partial charge in [0.2, 0.25) is 0 Å². The first-order valence-corrected chi connectivity index (χ1v) is 8.09. The van der Waals surface area contributed by atoms with Gasteiger partial charge in [-0.25, -0.2) is 9.18 Å². The van der Waals surface area contributed by atoms with Crippen LogP contribution in [-0.4, -0.2) is 36.9 Å². The maximum Gasteiger partial charge on any atom is 0.314 e. The standard InChI is InChI=1S/C17H25FN2O3/c1-17(22,13-5-7-14(18)8-6-13)12-20-16(21)19-10-9-15-4-2-3-11-23-15/h5-8,15,22H,2-4,9-12H2,1H3,(H2,19,20,21). The van der Waals surface area contributed by atoms with Crippen LogP contribution in [0.25, 0.3) is 0 Å². The minimum absolute atomic E-state index is 0.0460. The van der Waals surface area contributed by atoms with E-state index >= 15 is 0 Å². The van der Waals surface area contributed by atoms with Crippen molar-refractivity contribution in [2.45, 2.75) is 44.3 Å². The lowest BCUT2D eigenvalue weighted by molar-refractivity contribution is 0.0119. The van der Waals surface area contributed by atoms with Gasteiger partial charge in [0.25, 0.3) is 0 Å². The maximum absolute atomic E-state index is 12.9. The molecule has 23 heavy (non-hydrogen) atoms. The molecule has 1 fully saturated rings. The molecule has 1 aromatic rings. The van der Waals surface area contributed by atoms with Crippen molar-refractivity contribution in [1.29, 1.82) is 0 Å². The molecule has 0 aliphatic carbocycles. The maximum atomic E-state index is 12.9. The van der Waals surface area contributed by atoms with Gasteiger partial charge in [0.05, 0.1) is 12.6 Å². The average molecular weight is 324 g/mol. The normalized spacial score (nSPS) is 20.6. The van der Waals surface area contributed by atoms with E-state index in [9.17, 15) is 14.3 Å². The summed E-state index contributed by atoms with van der Waals surface area (Å²) < 4.78 is 18.5. The fourth-order valence-electron chi connectivity index (χ4n) is 2.61. The summed E-state index contributed by atoms with van der Waals surface area (Å²) in [7, 11) is 0. The molecule has 0 radical (unpaired) electrons. The molecule has 1 heterocycles. The van der Waals surface area contributed by atoms with Gasteiger partial charge >= 0.3 is 6.03 Å². The van der Waals surface area contributed by atoms with E-state index in [0.717, 1.165) is 25.9 Å². The van der Waals surface area contributed by atoms with Crippen molar-refractivity contribution in [1.82, 2.24) is 10.6 Å². The Morgan fingerprint density at radius 3 is 2.74 bits per heavy atom. The number of rotatable bonds is 6. The zero-order valence-corrected chi connectivity index (χ0v) is 13.5. The number of aliphatic hydroxyl groups is 1. The fraction of sp³-hybridized carbons (Fsp3) is 0.588. The highest BCUT2D eigenvalue weighted by Gasteiger charge is 2.23. The van der Waals surface area contributed by atoms with E-state index in [4.69, 9.17) is 4.74 Å². The first-order valence-electron chi connectivity index (χ1n) is 8.09. The van der Waals surface area contributed by atoms with Crippen LogP contribution in [0.1, 0.15) is 38.2 Å². The molecule has 0 saturated carbocycles. The molecule has 2 amide bonds. The van der Waals surface area contributed by atoms with Crippen LogP contribution in [0.5, 0.6) is 0 Å². The Kier molecular flexibility index (Phi) is 6.36. The quantitative estimate of drug-likeness (QED) is 0.752. The van der Waals surface area contributed by atoms with Crippen molar-refractivity contribution in [2.75, 3.05) is 19.7 Å². The van der Waals surface area contributed by atoms with Gasteiger partial charge in [0.1, 0.15) is 11.4 Å². The summed E-state index contributed by atoms with van der Waals surface area (Å²) in [6.45, 7) is 2.97. The molecule has 1 saturated heterocycles. The average Bonchev–Trinajstić information content (AvgIpc) is 2.54. The van der Waals surface area contributed by atoms with Crippen molar-refractivity contribution in [3.8, 4) is 0 Å². The van der Waals surface area contributed by atoms with Gasteiger partial charge in [-0.15, -0.1) is 0 Å². The fourth-order valence-corrected chi connectivity index (χ4v) is 2.61. The van der Waals surface area contributed by atoms with Crippen LogP contribution in [0.4, 0.5) is 9.18 Å². The number of carbonyl (C=O) groups excluding carboxylic acids is 1. The highest BCUT2D eigenvalue weighted by atomic mass is 19.1. The van der Waals surface area contributed by atoms with Crippen molar-refractivity contribution < 1.29 is 19.0 Å². The van der Waals surface area contributed by atoms with Crippen LogP contribution in [0.3, 0.4) is 0 Å². The smallest absolute Gasteiger partial charge is 0.314 e. The van der Waals surface area contributed by atoms with E-state index in [0.29, 0.717) is 12.1 Å². The summed E-state index contributed by atoms with van der Waals surface area (Å²) in [4.78, 5) is 11.8. The number of amides is 2. The minimum atomic E-state index is -1.25. The molecule has 0 aromatic heterocycles. The second kappa shape index (κ2) is 8.26. The van der Waals surface area contributed by atoms with E-state index in [1.807, 2.05) is 0 Å². The molecular formula is C17H25FN2O3. The predicted octanol–water partition coefficient (Wildman–Crippen LogP) is 2.29. The Morgan fingerprint density at radius 1 is 1.35 bits per heavy atom. The summed E-state index contributed by atoms with van der Waals surface area (Å²) >= 11 is 0. The van der Waals surface area contributed by atoms with Gasteiger partial charge in [-0.05, 0) is 50.3 Å². The molecule has 2 rings (SSSR count). The third-order valence-corrected chi connectivity index (χ3v) is 4.09. The van der Waals surface area contributed by atoms with Crippen LogP contribution < -0.4 is 10.6 Å². The number of carbonyl (C=O) groups is 1. The number of nitrogens with one attached hydrogen (secondary N) is 2. The van der Waals surface area contributed by atoms with E-state index in [1.165, 1.54) is 30.7 Å². The van der Waals surface area contributed by atoms with Crippen molar-refractivity contribution in [3.63, 3.8) is 0 Å². The van der Waals surface area contributed by atoms with E-state index in [1.54, 1.807) is 6.92 Å². The largest absolute Gasteiger partial charge is 0.384 e. The number of benzene rings is 1. The highest BCUT2D eigenvalue weighted by Crippen LogP contribution is 2.19. The lowest BCUT2D eigenvalue weighted by Crippen LogP contribution is -2.44. The SMILES string of the molecule is CC(O)(CNC(=O)NCCC1CCCCO1)c1ccc(F)cc1. The first kappa shape index (κ1) is 17.7. The summed E-state index contributed by atoms with van der Waals surface area (Å²) in [5, 5.41) is 15.8. The van der Waals surface area contributed by atoms with Gasteiger partial charge in [-0.3, -0.25) is 0 Å². The molecule has 5 nitrogen and oxygen atoms in total. The summed E-state index contributed by atoms with van der Waals surface area (Å²) in [6.07, 6.45) is 4.36. The second-order valence-electron chi connectivity index (χ2n) is 6.17. The molecule has 3 N–H and O–H groups in total. The highest BCUT2D eigenvalue weighted by molar-refractivity contribution is 5.73. The lowest BCUT2D eigenvalue weighted by Gasteiger charge is -2.25. The van der Waals surface area contributed by atoms with Gasteiger partial charge < -0.3 is 20.5 Å². The molecule has 6 heteroatoms. The molecular weight excluding hydrogens is 299 g/mol. The zero-order chi connectivity index (χ0) is 16.7. The molecule has 128 valence electrons. The predicted molar refractivity (Wildman–Crippen MR) is 85.6 cm³/mol. The van der Waals surface area contributed by atoms with Gasteiger partial charge in [0, 0.05) is 13.2 Å². The topological polar surface area (TPSA) is 70.6 Å². The number of hydrogen-bond acceptors (Lipinski definition) is 3. The van der Waals surface area contributed by atoms with E-state index in [-0.39, 0.29) is 24.5 Å². The number of hydrogen-bond donors (Lipinski definition) is 3. The Morgan fingerprint density at radius 2 is 2.09 bits per heavy atom. The Hall–Kier alpha value is -1.66. The number of halogens is 1. The van der Waals surface area contributed by atoms with Gasteiger partial charge in [-0.1, -0.05) is 12.1 Å². The Balaban J connectivity index is 1.69. The number of ether oxygens (including phenoxy) is 1. The zero-order valence-electron chi connectivity index (χ0n) is 13.5. The Labute approximate surface area is 136 Å². The van der Waals surface area contributed by atoms with E-state index in [2.05, 4.69) is 10.6 Å². The molecule has 0 bridgehead atoms. The van der Waals surface area contributed by atoms with Crippen LogP contribution in [-0.2, 0) is 10.3 Å². The summed E-state index contributed by atoms with van der Waals surface area (Å²) in [6, 6.07) is 5.26. The lowest BCUT2D eigenvalue weighted by atomic mass is 9.96. The molecule has 1 aromatic carbocycles. The van der Waals surface area contributed by atoms with Crippen LogP contribution in [0, 0.1) is 5.82 Å². The first-order chi connectivity index (χ1) is 11.0. The molecule has 1 aliphatic heterocycles. The second-order valence-corrected chi connectivity index (χ2v) is 6.17. The van der Waals surface area contributed by atoms with Crippen LogP contribution in [0.2, 0.25) is 0 Å². The monoisotopic (exact) mass is 324 g/mol. The van der Waals surface area contributed by atoms with E-state index < -0.39 is 5.60 Å². The Bertz CT molecular complexity index is 499. The summed E-state index contributed by atoms with van der Waals surface area (Å²) in [5.74, 6) is -0.361. The van der Waals surface area contributed by atoms with Crippen molar-refractivity contribution in [2.24, 2.45) is 0 Å². The van der Waals surface area contributed by atoms with Gasteiger partial charge in [-0.2, -0.15) is 0 Å².